The van der Waals surface area contributed by atoms with Gasteiger partial charge in [-0.1, -0.05) is 43.2 Å². The number of furan rings is 1. The van der Waals surface area contributed by atoms with E-state index in [-0.39, 0.29) is 17.6 Å². The van der Waals surface area contributed by atoms with Crippen molar-refractivity contribution < 1.29 is 14.0 Å². The van der Waals surface area contributed by atoms with E-state index in [0.29, 0.717) is 6.42 Å². The van der Waals surface area contributed by atoms with Crippen LogP contribution < -0.4 is 5.32 Å². The zero-order chi connectivity index (χ0) is 17.5. The van der Waals surface area contributed by atoms with Crippen molar-refractivity contribution in [2.24, 2.45) is 0 Å². The van der Waals surface area contributed by atoms with Crippen molar-refractivity contribution in [3.63, 3.8) is 0 Å². The second kappa shape index (κ2) is 8.51. The van der Waals surface area contributed by atoms with E-state index in [1.165, 1.54) is 6.26 Å². The number of nitrogens with one attached hydrogen (secondary N) is 1. The molecule has 1 aromatic carbocycles. The highest BCUT2D eigenvalue weighted by Crippen LogP contribution is 2.13. The average molecular weight is 340 g/mol. The standard InChI is InChI=1S/C20H24N2O3/c23-19(18-11-8-14-25-18)21-17(15-16-9-4-3-5-10-16)20(24)22-12-6-1-2-7-13-22/h3-5,8-11,14,17H,1-2,6-7,12-13,15H2,(H,21,23)/t17-/m1/s1. The van der Waals surface area contributed by atoms with Gasteiger partial charge in [0.2, 0.25) is 5.91 Å². The summed E-state index contributed by atoms with van der Waals surface area (Å²) >= 11 is 0. The van der Waals surface area contributed by atoms with E-state index < -0.39 is 6.04 Å². The van der Waals surface area contributed by atoms with Crippen molar-refractivity contribution >= 4 is 11.8 Å². The number of benzene rings is 1. The number of amides is 2. The number of hydrogen-bond donors (Lipinski definition) is 1. The number of hydrogen-bond acceptors (Lipinski definition) is 3. The van der Waals surface area contributed by atoms with Gasteiger partial charge in [0.25, 0.3) is 5.91 Å². The first-order valence-electron chi connectivity index (χ1n) is 8.91. The molecule has 1 N–H and O–H groups in total. The molecule has 0 unspecified atom stereocenters. The van der Waals surface area contributed by atoms with E-state index in [4.69, 9.17) is 4.42 Å². The summed E-state index contributed by atoms with van der Waals surface area (Å²) < 4.78 is 5.15. The van der Waals surface area contributed by atoms with Gasteiger partial charge in [0, 0.05) is 19.5 Å². The Labute approximate surface area is 148 Å². The maximum atomic E-state index is 13.0. The SMILES string of the molecule is O=C(N[C@H](Cc1ccccc1)C(=O)N1CCCCCC1)c1ccco1. The molecule has 2 aromatic rings. The van der Waals surface area contributed by atoms with Gasteiger partial charge in [0.05, 0.1) is 6.26 Å². The Hall–Kier alpha value is -2.56. The smallest absolute Gasteiger partial charge is 0.287 e. The van der Waals surface area contributed by atoms with Crippen molar-refractivity contribution in [3.8, 4) is 0 Å². The van der Waals surface area contributed by atoms with Gasteiger partial charge in [-0.2, -0.15) is 0 Å². The molecule has 3 rings (SSSR count). The van der Waals surface area contributed by atoms with Gasteiger partial charge in [0.1, 0.15) is 6.04 Å². The minimum Gasteiger partial charge on any atom is -0.459 e. The number of carbonyl (C=O) groups is 2. The van der Waals surface area contributed by atoms with Crippen LogP contribution in [0.25, 0.3) is 0 Å². The first-order chi connectivity index (χ1) is 12.2. The lowest BCUT2D eigenvalue weighted by atomic mass is 10.0. The normalized spacial score (nSPS) is 16.1. The predicted octanol–water partition coefficient (Wildman–Crippen LogP) is 3.02. The summed E-state index contributed by atoms with van der Waals surface area (Å²) in [5, 5.41) is 2.86. The van der Waals surface area contributed by atoms with Crippen molar-refractivity contribution in [2.75, 3.05) is 13.1 Å². The van der Waals surface area contributed by atoms with Crippen LogP contribution in [0.4, 0.5) is 0 Å². The van der Waals surface area contributed by atoms with Crippen LogP contribution in [0.3, 0.4) is 0 Å². The Morgan fingerprint density at radius 3 is 2.36 bits per heavy atom. The summed E-state index contributed by atoms with van der Waals surface area (Å²) in [6.45, 7) is 1.53. The first-order valence-corrected chi connectivity index (χ1v) is 8.91. The zero-order valence-electron chi connectivity index (χ0n) is 14.3. The molecule has 0 radical (unpaired) electrons. The minimum atomic E-state index is -0.585. The van der Waals surface area contributed by atoms with Gasteiger partial charge >= 0.3 is 0 Å². The molecule has 1 atom stereocenters. The molecule has 25 heavy (non-hydrogen) atoms. The molecule has 2 heterocycles. The van der Waals surface area contributed by atoms with Crippen LogP contribution >= 0.6 is 0 Å². The molecule has 0 bridgehead atoms. The lowest BCUT2D eigenvalue weighted by molar-refractivity contribution is -0.133. The third-order valence-corrected chi connectivity index (χ3v) is 4.55. The topological polar surface area (TPSA) is 62.6 Å². The predicted molar refractivity (Wildman–Crippen MR) is 95.2 cm³/mol. The molecule has 1 aromatic heterocycles. The molecule has 0 aliphatic carbocycles. The second-order valence-electron chi connectivity index (χ2n) is 6.43. The van der Waals surface area contributed by atoms with Gasteiger partial charge < -0.3 is 14.6 Å². The van der Waals surface area contributed by atoms with E-state index >= 15 is 0 Å². The fourth-order valence-electron chi connectivity index (χ4n) is 3.20. The summed E-state index contributed by atoms with van der Waals surface area (Å²) in [6, 6.07) is 12.5. The average Bonchev–Trinajstić information content (AvgIpc) is 3.04. The molecular weight excluding hydrogens is 316 g/mol. The quantitative estimate of drug-likeness (QED) is 0.910. The molecule has 1 saturated heterocycles. The molecule has 0 saturated carbocycles. The Morgan fingerprint density at radius 1 is 1.00 bits per heavy atom. The summed E-state index contributed by atoms with van der Waals surface area (Å²) in [4.78, 5) is 27.3. The van der Waals surface area contributed by atoms with Gasteiger partial charge in [-0.05, 0) is 30.5 Å². The number of likely N-dealkylation sites (tertiary alicyclic amines) is 1. The number of carbonyl (C=O) groups excluding carboxylic acids is 2. The molecule has 1 fully saturated rings. The molecule has 2 amide bonds. The van der Waals surface area contributed by atoms with Crippen molar-refractivity contribution in [1.82, 2.24) is 10.2 Å². The Morgan fingerprint density at radius 2 is 1.72 bits per heavy atom. The highest BCUT2D eigenvalue weighted by molar-refractivity contribution is 5.95. The van der Waals surface area contributed by atoms with Crippen molar-refractivity contribution in [2.45, 2.75) is 38.1 Å². The van der Waals surface area contributed by atoms with Gasteiger partial charge in [0.15, 0.2) is 5.76 Å². The second-order valence-corrected chi connectivity index (χ2v) is 6.43. The molecule has 5 heteroatoms. The number of rotatable bonds is 5. The third-order valence-electron chi connectivity index (χ3n) is 4.55. The molecule has 5 nitrogen and oxygen atoms in total. The largest absolute Gasteiger partial charge is 0.459 e. The number of nitrogens with zero attached hydrogens (tertiary/aromatic N) is 1. The lowest BCUT2D eigenvalue weighted by Gasteiger charge is -2.26. The monoisotopic (exact) mass is 340 g/mol. The van der Waals surface area contributed by atoms with Crippen molar-refractivity contribution in [3.05, 3.63) is 60.1 Å². The molecule has 132 valence electrons. The summed E-state index contributed by atoms with van der Waals surface area (Å²) in [5.74, 6) is -0.138. The Bertz CT molecular complexity index is 674. The Kier molecular flexibility index (Phi) is 5.88. The van der Waals surface area contributed by atoms with Crippen molar-refractivity contribution in [1.29, 1.82) is 0 Å². The highest BCUT2D eigenvalue weighted by Gasteiger charge is 2.27. The maximum absolute atomic E-state index is 13.0. The van der Waals surface area contributed by atoms with Crippen LogP contribution in [-0.2, 0) is 11.2 Å². The van der Waals surface area contributed by atoms with Crippen LogP contribution in [0.1, 0.15) is 41.8 Å². The van der Waals surface area contributed by atoms with Crippen LogP contribution in [0.5, 0.6) is 0 Å². The van der Waals surface area contributed by atoms with Crippen LogP contribution in [0.2, 0.25) is 0 Å². The summed E-state index contributed by atoms with van der Waals surface area (Å²) in [6.07, 6.45) is 6.30. The zero-order valence-corrected chi connectivity index (χ0v) is 14.3. The first kappa shape index (κ1) is 17.3. The maximum Gasteiger partial charge on any atom is 0.287 e. The minimum absolute atomic E-state index is 0.00865. The highest BCUT2D eigenvalue weighted by atomic mass is 16.3. The molecule has 1 aliphatic heterocycles. The van der Waals surface area contributed by atoms with Gasteiger partial charge in [-0.3, -0.25) is 9.59 Å². The van der Waals surface area contributed by atoms with E-state index in [9.17, 15) is 9.59 Å². The molecular formula is C20H24N2O3. The van der Waals surface area contributed by atoms with Crippen LogP contribution in [0, 0.1) is 0 Å². The van der Waals surface area contributed by atoms with E-state index in [1.807, 2.05) is 35.2 Å². The van der Waals surface area contributed by atoms with Gasteiger partial charge in [-0.25, -0.2) is 0 Å². The van der Waals surface area contributed by atoms with E-state index in [2.05, 4.69) is 5.32 Å². The fourth-order valence-corrected chi connectivity index (χ4v) is 3.20. The van der Waals surface area contributed by atoms with Gasteiger partial charge in [-0.15, -0.1) is 0 Å². The summed E-state index contributed by atoms with van der Waals surface area (Å²) in [7, 11) is 0. The molecule has 0 spiro atoms. The van der Waals surface area contributed by atoms with E-state index in [1.54, 1.807) is 12.1 Å². The molecule has 1 aliphatic rings. The Balaban J connectivity index is 1.75. The fraction of sp³-hybridized carbons (Fsp3) is 0.400. The van der Waals surface area contributed by atoms with Crippen LogP contribution in [0.15, 0.2) is 53.1 Å². The lowest BCUT2D eigenvalue weighted by Crippen LogP contribution is -2.50. The third kappa shape index (κ3) is 4.72. The van der Waals surface area contributed by atoms with Crippen LogP contribution in [-0.4, -0.2) is 35.8 Å². The summed E-state index contributed by atoms with van der Waals surface area (Å²) in [5.41, 5.74) is 1.02. The van der Waals surface area contributed by atoms with E-state index in [0.717, 1.165) is 44.3 Å².